The normalized spacial score (nSPS) is 14.5. The molecule has 0 radical (unpaired) electrons. The first-order chi connectivity index (χ1) is 14.0. The average molecular weight is 397 g/mol. The average Bonchev–Trinajstić information content (AvgIpc) is 3.04. The number of fused-ring (bicyclic) bond motifs is 3. The predicted molar refractivity (Wildman–Crippen MR) is 108 cm³/mol. The zero-order chi connectivity index (χ0) is 20.5. The first kappa shape index (κ1) is 19.1. The first-order valence-electron chi connectivity index (χ1n) is 9.65. The monoisotopic (exact) mass is 397 g/mol. The second-order valence-corrected chi connectivity index (χ2v) is 6.96. The van der Waals surface area contributed by atoms with Crippen molar-refractivity contribution < 1.29 is 14.3 Å². The van der Waals surface area contributed by atoms with Crippen LogP contribution in [0.5, 0.6) is 0 Å². The SMILES string of the molecule is CCNC(=O)c1nn(CC(=O)N2CCOCC2)c(=O)c2c1c1ccccc1n2C. The highest BCUT2D eigenvalue weighted by molar-refractivity contribution is 6.16. The van der Waals surface area contributed by atoms with Gasteiger partial charge in [-0.3, -0.25) is 14.4 Å². The lowest BCUT2D eigenvalue weighted by Gasteiger charge is -2.26. The van der Waals surface area contributed by atoms with Gasteiger partial charge in [-0.25, -0.2) is 4.68 Å². The van der Waals surface area contributed by atoms with Gasteiger partial charge in [-0.05, 0) is 13.0 Å². The lowest BCUT2D eigenvalue weighted by molar-refractivity contribution is -0.136. The quantitative estimate of drug-likeness (QED) is 0.691. The number of hydrogen-bond acceptors (Lipinski definition) is 5. The number of morpholine rings is 1. The minimum Gasteiger partial charge on any atom is -0.378 e. The summed E-state index contributed by atoms with van der Waals surface area (Å²) in [5.41, 5.74) is 0.933. The summed E-state index contributed by atoms with van der Waals surface area (Å²) >= 11 is 0. The molecular weight excluding hydrogens is 374 g/mol. The summed E-state index contributed by atoms with van der Waals surface area (Å²) in [6, 6.07) is 7.49. The summed E-state index contributed by atoms with van der Waals surface area (Å²) in [5.74, 6) is -0.593. The molecule has 4 rings (SSSR count). The van der Waals surface area contributed by atoms with Crippen LogP contribution >= 0.6 is 0 Å². The van der Waals surface area contributed by atoms with E-state index in [1.165, 1.54) is 0 Å². The zero-order valence-corrected chi connectivity index (χ0v) is 16.5. The third-order valence-electron chi connectivity index (χ3n) is 5.20. The van der Waals surface area contributed by atoms with Gasteiger partial charge in [0.2, 0.25) is 5.91 Å². The number of benzene rings is 1. The Morgan fingerprint density at radius 1 is 1.21 bits per heavy atom. The first-order valence-corrected chi connectivity index (χ1v) is 9.65. The number of carbonyl (C=O) groups excluding carboxylic acids is 2. The minimum atomic E-state index is -0.395. The molecule has 0 bridgehead atoms. The molecule has 2 aromatic heterocycles. The molecule has 2 amide bonds. The van der Waals surface area contributed by atoms with Crippen molar-refractivity contribution >= 4 is 33.6 Å². The number of nitrogens with zero attached hydrogens (tertiary/aromatic N) is 4. The number of rotatable bonds is 4. The van der Waals surface area contributed by atoms with E-state index in [9.17, 15) is 14.4 Å². The Hall–Kier alpha value is -3.20. The second kappa shape index (κ2) is 7.67. The maximum absolute atomic E-state index is 13.2. The highest BCUT2D eigenvalue weighted by atomic mass is 16.5. The third kappa shape index (κ3) is 3.27. The Labute approximate surface area is 166 Å². The Kier molecular flexibility index (Phi) is 5.06. The maximum Gasteiger partial charge on any atom is 0.291 e. The minimum absolute atomic E-state index is 0.146. The lowest BCUT2D eigenvalue weighted by atomic mass is 10.1. The van der Waals surface area contributed by atoms with Crippen LogP contribution in [0.4, 0.5) is 0 Å². The number of ether oxygens (including phenoxy) is 1. The summed E-state index contributed by atoms with van der Waals surface area (Å²) in [7, 11) is 1.78. The summed E-state index contributed by atoms with van der Waals surface area (Å²) < 4.78 is 8.13. The molecule has 1 aliphatic heterocycles. The van der Waals surface area contributed by atoms with Gasteiger partial charge in [-0.1, -0.05) is 18.2 Å². The highest BCUT2D eigenvalue weighted by Gasteiger charge is 2.24. The van der Waals surface area contributed by atoms with E-state index in [1.54, 1.807) is 16.5 Å². The van der Waals surface area contributed by atoms with E-state index in [1.807, 2.05) is 31.2 Å². The van der Waals surface area contributed by atoms with E-state index < -0.39 is 5.56 Å². The number of aromatic nitrogens is 3. The summed E-state index contributed by atoms with van der Waals surface area (Å²) in [5, 5.41) is 8.36. The Morgan fingerprint density at radius 3 is 2.66 bits per heavy atom. The molecule has 29 heavy (non-hydrogen) atoms. The van der Waals surface area contributed by atoms with Gasteiger partial charge >= 0.3 is 0 Å². The summed E-state index contributed by atoms with van der Waals surface area (Å²) in [6.07, 6.45) is 0. The molecule has 0 aliphatic carbocycles. The third-order valence-corrected chi connectivity index (χ3v) is 5.20. The van der Waals surface area contributed by atoms with Crippen LogP contribution in [0.3, 0.4) is 0 Å². The molecule has 1 aromatic carbocycles. The molecule has 1 aliphatic rings. The molecule has 1 fully saturated rings. The molecule has 0 atom stereocenters. The Bertz CT molecular complexity index is 1160. The number of carbonyl (C=O) groups is 2. The van der Waals surface area contributed by atoms with E-state index in [4.69, 9.17) is 4.74 Å². The van der Waals surface area contributed by atoms with E-state index in [0.29, 0.717) is 43.8 Å². The van der Waals surface area contributed by atoms with E-state index in [0.717, 1.165) is 15.6 Å². The van der Waals surface area contributed by atoms with Crippen LogP contribution in [-0.2, 0) is 23.1 Å². The van der Waals surface area contributed by atoms with Crippen molar-refractivity contribution in [2.24, 2.45) is 7.05 Å². The van der Waals surface area contributed by atoms with Crippen LogP contribution in [0.15, 0.2) is 29.1 Å². The van der Waals surface area contributed by atoms with Crippen molar-refractivity contribution in [2.75, 3.05) is 32.8 Å². The van der Waals surface area contributed by atoms with Crippen LogP contribution in [-0.4, -0.2) is 63.9 Å². The van der Waals surface area contributed by atoms with Gasteiger partial charge in [0.15, 0.2) is 5.69 Å². The van der Waals surface area contributed by atoms with Crippen molar-refractivity contribution in [1.82, 2.24) is 24.6 Å². The number of nitrogens with one attached hydrogen (secondary N) is 1. The fourth-order valence-corrected chi connectivity index (χ4v) is 3.77. The molecule has 1 N–H and O–H groups in total. The van der Waals surface area contributed by atoms with Gasteiger partial charge in [0.05, 0.1) is 13.2 Å². The van der Waals surface area contributed by atoms with Crippen LogP contribution in [0.1, 0.15) is 17.4 Å². The molecule has 9 heteroatoms. The summed E-state index contributed by atoms with van der Waals surface area (Å²) in [4.78, 5) is 40.3. The van der Waals surface area contributed by atoms with Crippen molar-refractivity contribution in [1.29, 1.82) is 0 Å². The van der Waals surface area contributed by atoms with Gasteiger partial charge in [0.25, 0.3) is 11.5 Å². The molecule has 0 spiro atoms. The van der Waals surface area contributed by atoms with Gasteiger partial charge in [-0.15, -0.1) is 0 Å². The fourth-order valence-electron chi connectivity index (χ4n) is 3.77. The maximum atomic E-state index is 13.2. The molecular formula is C20H23N5O4. The van der Waals surface area contributed by atoms with Crippen molar-refractivity contribution in [3.8, 4) is 0 Å². The molecule has 0 saturated carbocycles. The molecule has 3 heterocycles. The Morgan fingerprint density at radius 2 is 1.93 bits per heavy atom. The number of aryl methyl sites for hydroxylation is 1. The fraction of sp³-hybridized carbons (Fsp3) is 0.400. The number of para-hydroxylation sites is 1. The van der Waals surface area contributed by atoms with Gasteiger partial charge in [0, 0.05) is 43.0 Å². The topological polar surface area (TPSA) is 98.5 Å². The zero-order valence-electron chi connectivity index (χ0n) is 16.5. The van der Waals surface area contributed by atoms with Crippen LogP contribution in [0.25, 0.3) is 21.8 Å². The van der Waals surface area contributed by atoms with Crippen molar-refractivity contribution in [2.45, 2.75) is 13.5 Å². The number of amides is 2. The van der Waals surface area contributed by atoms with Gasteiger partial charge in [0.1, 0.15) is 12.1 Å². The van der Waals surface area contributed by atoms with E-state index in [2.05, 4.69) is 10.4 Å². The molecule has 3 aromatic rings. The van der Waals surface area contributed by atoms with Gasteiger partial charge < -0.3 is 19.5 Å². The standard InChI is InChI=1S/C20H23N5O4/c1-3-21-19(27)17-16-13-6-4-5-7-14(13)23(2)18(16)20(28)25(22-17)12-15(26)24-8-10-29-11-9-24/h4-7H,3,8-12H2,1-2H3,(H,21,27). The van der Waals surface area contributed by atoms with Crippen molar-refractivity contribution in [3.63, 3.8) is 0 Å². The molecule has 9 nitrogen and oxygen atoms in total. The predicted octanol–water partition coefficient (Wildman–Crippen LogP) is 0.497. The molecule has 152 valence electrons. The largest absolute Gasteiger partial charge is 0.378 e. The molecule has 0 unspecified atom stereocenters. The van der Waals surface area contributed by atoms with Crippen LogP contribution in [0, 0.1) is 0 Å². The lowest BCUT2D eigenvalue weighted by Crippen LogP contribution is -2.44. The highest BCUT2D eigenvalue weighted by Crippen LogP contribution is 2.27. The molecule has 1 saturated heterocycles. The smallest absolute Gasteiger partial charge is 0.291 e. The van der Waals surface area contributed by atoms with Gasteiger partial charge in [-0.2, -0.15) is 5.10 Å². The second-order valence-electron chi connectivity index (χ2n) is 6.96. The summed E-state index contributed by atoms with van der Waals surface area (Å²) in [6.45, 7) is 3.93. The van der Waals surface area contributed by atoms with E-state index in [-0.39, 0.29) is 24.1 Å². The van der Waals surface area contributed by atoms with Crippen LogP contribution in [0.2, 0.25) is 0 Å². The van der Waals surface area contributed by atoms with E-state index >= 15 is 0 Å². The van der Waals surface area contributed by atoms with Crippen LogP contribution < -0.4 is 10.9 Å². The van der Waals surface area contributed by atoms with Crippen molar-refractivity contribution in [3.05, 3.63) is 40.3 Å². The Balaban J connectivity index is 1.89. The number of hydrogen-bond donors (Lipinski definition) is 1.